The molecule has 1 aliphatic carbocycles. The van der Waals surface area contributed by atoms with Gasteiger partial charge in [-0.1, -0.05) is 30.3 Å². The standard InChI is InChI=1S/C16H24N2O4S/c1-17-23(20,21)15-10-8-14(9-11-15)18(2)16(19)22-12-13-6-4-3-5-7-13/h3-7,14-15,17H,8-12H2,1-2H3. The quantitative estimate of drug-likeness (QED) is 0.891. The van der Waals surface area contributed by atoms with Gasteiger partial charge < -0.3 is 9.64 Å². The van der Waals surface area contributed by atoms with E-state index in [1.54, 1.807) is 11.9 Å². The van der Waals surface area contributed by atoms with E-state index in [0.717, 1.165) is 5.56 Å². The van der Waals surface area contributed by atoms with Gasteiger partial charge in [0.05, 0.1) is 5.25 Å². The Labute approximate surface area is 137 Å². The highest BCUT2D eigenvalue weighted by Gasteiger charge is 2.32. The Hall–Kier alpha value is -1.60. The normalized spacial score (nSPS) is 21.7. The van der Waals surface area contributed by atoms with Gasteiger partial charge >= 0.3 is 6.09 Å². The summed E-state index contributed by atoms with van der Waals surface area (Å²) in [5.74, 6) is 0. The molecule has 0 aliphatic heterocycles. The van der Waals surface area contributed by atoms with Gasteiger partial charge in [-0.3, -0.25) is 0 Å². The molecule has 1 aromatic carbocycles. The van der Waals surface area contributed by atoms with E-state index in [-0.39, 0.29) is 24.0 Å². The predicted molar refractivity (Wildman–Crippen MR) is 88.4 cm³/mol. The van der Waals surface area contributed by atoms with Gasteiger partial charge in [-0.2, -0.15) is 0 Å². The number of ether oxygens (including phenoxy) is 1. The van der Waals surface area contributed by atoms with Crippen LogP contribution in [0.2, 0.25) is 0 Å². The summed E-state index contributed by atoms with van der Waals surface area (Å²) in [4.78, 5) is 13.7. The van der Waals surface area contributed by atoms with Crippen molar-refractivity contribution in [1.29, 1.82) is 0 Å². The minimum Gasteiger partial charge on any atom is -0.445 e. The third kappa shape index (κ3) is 4.68. The molecular weight excluding hydrogens is 316 g/mol. The van der Waals surface area contributed by atoms with Crippen molar-refractivity contribution in [3.05, 3.63) is 35.9 Å². The van der Waals surface area contributed by atoms with E-state index in [4.69, 9.17) is 4.74 Å². The Morgan fingerprint density at radius 2 is 1.83 bits per heavy atom. The first kappa shape index (κ1) is 17.7. The first-order chi connectivity index (χ1) is 10.9. The van der Waals surface area contributed by atoms with E-state index in [1.165, 1.54) is 7.05 Å². The third-order valence-electron chi connectivity index (χ3n) is 4.41. The zero-order valence-corrected chi connectivity index (χ0v) is 14.4. The van der Waals surface area contributed by atoms with Crippen LogP contribution in [0.15, 0.2) is 30.3 Å². The van der Waals surface area contributed by atoms with Gasteiger partial charge in [0, 0.05) is 13.1 Å². The maximum atomic E-state index is 12.1. The Morgan fingerprint density at radius 1 is 1.22 bits per heavy atom. The fourth-order valence-electron chi connectivity index (χ4n) is 2.88. The van der Waals surface area contributed by atoms with Crippen LogP contribution >= 0.6 is 0 Å². The summed E-state index contributed by atoms with van der Waals surface area (Å²) in [6.07, 6.45) is 2.09. The molecule has 0 spiro atoms. The van der Waals surface area contributed by atoms with E-state index < -0.39 is 10.0 Å². The molecule has 6 nitrogen and oxygen atoms in total. The lowest BCUT2D eigenvalue weighted by atomic mass is 9.94. The van der Waals surface area contributed by atoms with Gasteiger partial charge in [0.2, 0.25) is 10.0 Å². The van der Waals surface area contributed by atoms with Gasteiger partial charge in [0.1, 0.15) is 6.61 Å². The molecule has 1 aromatic rings. The summed E-state index contributed by atoms with van der Waals surface area (Å²) in [7, 11) is -0.0694. The second-order valence-corrected chi connectivity index (χ2v) is 8.00. The predicted octanol–water partition coefficient (Wildman–Crippen LogP) is 2.12. The van der Waals surface area contributed by atoms with Crippen LogP contribution in [-0.2, 0) is 21.4 Å². The molecule has 23 heavy (non-hydrogen) atoms. The number of rotatable bonds is 5. The van der Waals surface area contributed by atoms with Crippen LogP contribution in [0.5, 0.6) is 0 Å². The molecule has 0 unspecified atom stereocenters. The number of sulfonamides is 1. The van der Waals surface area contributed by atoms with Crippen molar-refractivity contribution in [1.82, 2.24) is 9.62 Å². The molecule has 1 N–H and O–H groups in total. The minimum atomic E-state index is -3.22. The van der Waals surface area contributed by atoms with Crippen LogP contribution in [0.4, 0.5) is 4.79 Å². The van der Waals surface area contributed by atoms with E-state index in [1.807, 2.05) is 30.3 Å². The molecule has 0 saturated heterocycles. The topological polar surface area (TPSA) is 75.7 Å². The van der Waals surface area contributed by atoms with Crippen molar-refractivity contribution in [3.8, 4) is 0 Å². The molecule has 1 saturated carbocycles. The zero-order valence-electron chi connectivity index (χ0n) is 13.6. The van der Waals surface area contributed by atoms with Crippen molar-refractivity contribution in [2.45, 2.75) is 43.6 Å². The van der Waals surface area contributed by atoms with Crippen molar-refractivity contribution in [2.24, 2.45) is 0 Å². The smallest absolute Gasteiger partial charge is 0.410 e. The Balaban J connectivity index is 1.82. The molecule has 1 aliphatic rings. The Morgan fingerprint density at radius 3 is 2.39 bits per heavy atom. The van der Waals surface area contributed by atoms with Crippen molar-refractivity contribution in [2.75, 3.05) is 14.1 Å². The third-order valence-corrected chi connectivity index (χ3v) is 6.33. The molecule has 2 rings (SSSR count). The summed E-state index contributed by atoms with van der Waals surface area (Å²) >= 11 is 0. The first-order valence-electron chi connectivity index (χ1n) is 7.80. The van der Waals surface area contributed by atoms with Crippen molar-refractivity contribution < 1.29 is 17.9 Å². The summed E-state index contributed by atoms with van der Waals surface area (Å²) in [5.41, 5.74) is 0.943. The number of carbonyl (C=O) groups is 1. The molecule has 0 radical (unpaired) electrons. The van der Waals surface area contributed by atoms with E-state index >= 15 is 0 Å². The van der Waals surface area contributed by atoms with Crippen molar-refractivity contribution in [3.63, 3.8) is 0 Å². The fourth-order valence-corrected chi connectivity index (χ4v) is 4.11. The van der Waals surface area contributed by atoms with Gasteiger partial charge in [-0.25, -0.2) is 17.9 Å². The highest BCUT2D eigenvalue weighted by atomic mass is 32.2. The summed E-state index contributed by atoms with van der Waals surface area (Å²) in [5, 5.41) is -0.363. The molecule has 7 heteroatoms. The Bertz CT molecular complexity index is 610. The van der Waals surface area contributed by atoms with E-state index in [0.29, 0.717) is 25.7 Å². The molecule has 1 fully saturated rings. The number of benzene rings is 1. The molecule has 0 heterocycles. The van der Waals surface area contributed by atoms with Crippen LogP contribution in [0, 0.1) is 0 Å². The fraction of sp³-hybridized carbons (Fsp3) is 0.562. The number of nitrogens with one attached hydrogen (secondary N) is 1. The molecule has 1 amide bonds. The van der Waals surface area contributed by atoms with Crippen LogP contribution < -0.4 is 4.72 Å². The second kappa shape index (κ2) is 7.79. The van der Waals surface area contributed by atoms with Crippen LogP contribution in [0.3, 0.4) is 0 Å². The number of hydrogen-bond acceptors (Lipinski definition) is 4. The maximum absolute atomic E-state index is 12.1. The lowest BCUT2D eigenvalue weighted by Crippen LogP contribution is -2.43. The van der Waals surface area contributed by atoms with E-state index in [9.17, 15) is 13.2 Å². The number of hydrogen-bond donors (Lipinski definition) is 1. The average Bonchev–Trinajstić information content (AvgIpc) is 2.60. The number of nitrogens with zero attached hydrogens (tertiary/aromatic N) is 1. The van der Waals surface area contributed by atoms with Gasteiger partial charge in [-0.05, 0) is 38.3 Å². The van der Waals surface area contributed by atoms with Crippen LogP contribution in [0.1, 0.15) is 31.2 Å². The minimum absolute atomic E-state index is 0.0292. The highest BCUT2D eigenvalue weighted by molar-refractivity contribution is 7.90. The van der Waals surface area contributed by atoms with E-state index in [2.05, 4.69) is 4.72 Å². The van der Waals surface area contributed by atoms with Gasteiger partial charge in [-0.15, -0.1) is 0 Å². The summed E-state index contributed by atoms with van der Waals surface area (Å²) < 4.78 is 31.3. The lowest BCUT2D eigenvalue weighted by Gasteiger charge is -2.33. The van der Waals surface area contributed by atoms with Gasteiger partial charge in [0.25, 0.3) is 0 Å². The molecule has 0 bridgehead atoms. The maximum Gasteiger partial charge on any atom is 0.410 e. The number of amides is 1. The molecule has 128 valence electrons. The monoisotopic (exact) mass is 340 g/mol. The second-order valence-electron chi connectivity index (χ2n) is 5.83. The van der Waals surface area contributed by atoms with Crippen LogP contribution in [0.25, 0.3) is 0 Å². The first-order valence-corrected chi connectivity index (χ1v) is 9.34. The largest absolute Gasteiger partial charge is 0.445 e. The average molecular weight is 340 g/mol. The number of carbonyl (C=O) groups excluding carboxylic acids is 1. The molecule has 0 atom stereocenters. The molecule has 0 aromatic heterocycles. The summed E-state index contributed by atoms with van der Waals surface area (Å²) in [6.45, 7) is 0.244. The SMILES string of the molecule is CNS(=O)(=O)C1CCC(N(C)C(=O)OCc2ccccc2)CC1. The molecular formula is C16H24N2O4S. The van der Waals surface area contributed by atoms with Crippen molar-refractivity contribution >= 4 is 16.1 Å². The van der Waals surface area contributed by atoms with Crippen LogP contribution in [-0.4, -0.2) is 44.8 Å². The summed E-state index contributed by atoms with van der Waals surface area (Å²) in [6, 6.07) is 9.55. The zero-order chi connectivity index (χ0) is 16.9. The lowest BCUT2D eigenvalue weighted by molar-refractivity contribution is 0.0837. The Kier molecular flexibility index (Phi) is 6.01. The van der Waals surface area contributed by atoms with Gasteiger partial charge in [0.15, 0.2) is 0 Å². The highest BCUT2D eigenvalue weighted by Crippen LogP contribution is 2.26.